The van der Waals surface area contributed by atoms with E-state index in [1.807, 2.05) is 6.92 Å². The highest BCUT2D eigenvalue weighted by atomic mass is 32.2. The fourth-order valence-corrected chi connectivity index (χ4v) is 2.41. The van der Waals surface area contributed by atoms with E-state index in [0.717, 1.165) is 4.90 Å². The molecule has 1 aromatic carbocycles. The van der Waals surface area contributed by atoms with Gasteiger partial charge in [-0.3, -0.25) is 14.4 Å². The molecule has 1 unspecified atom stereocenters. The van der Waals surface area contributed by atoms with E-state index < -0.39 is 11.8 Å². The minimum absolute atomic E-state index is 0.0918. The van der Waals surface area contributed by atoms with E-state index in [1.54, 1.807) is 18.2 Å². The third kappa shape index (κ3) is 2.45. The van der Waals surface area contributed by atoms with Crippen LogP contribution in [0.2, 0.25) is 0 Å². The summed E-state index contributed by atoms with van der Waals surface area (Å²) in [6.07, 6.45) is 0. The third-order valence-corrected chi connectivity index (χ3v) is 3.57. The van der Waals surface area contributed by atoms with Crippen molar-refractivity contribution < 1.29 is 14.4 Å². The first kappa shape index (κ1) is 12.4. The second kappa shape index (κ2) is 4.69. The van der Waals surface area contributed by atoms with Crippen LogP contribution < -0.4 is 16.4 Å². The van der Waals surface area contributed by atoms with Gasteiger partial charge >= 0.3 is 11.8 Å². The molecule has 94 valence electrons. The van der Waals surface area contributed by atoms with Crippen molar-refractivity contribution in [3.63, 3.8) is 0 Å². The van der Waals surface area contributed by atoms with Gasteiger partial charge in [0, 0.05) is 10.6 Å². The maximum atomic E-state index is 11.5. The first-order valence-corrected chi connectivity index (χ1v) is 6.07. The lowest BCUT2D eigenvalue weighted by Crippen LogP contribution is -2.30. The van der Waals surface area contributed by atoms with E-state index in [4.69, 9.17) is 5.73 Å². The lowest BCUT2D eigenvalue weighted by molar-refractivity contribution is -0.134. The summed E-state index contributed by atoms with van der Waals surface area (Å²) in [4.78, 5) is 34.2. The molecule has 0 fully saturated rings. The molecule has 0 saturated heterocycles. The number of carbonyl (C=O) groups excluding carboxylic acids is 3. The number of hydrogen-bond acceptors (Lipinski definition) is 4. The van der Waals surface area contributed by atoms with Crippen molar-refractivity contribution in [3.8, 4) is 0 Å². The zero-order chi connectivity index (χ0) is 13.3. The number of primary amides is 1. The van der Waals surface area contributed by atoms with Gasteiger partial charge in [-0.05, 0) is 25.1 Å². The van der Waals surface area contributed by atoms with Crippen molar-refractivity contribution in [2.45, 2.75) is 17.1 Å². The molecule has 18 heavy (non-hydrogen) atoms. The number of rotatable bonds is 1. The Morgan fingerprint density at radius 1 is 1.44 bits per heavy atom. The van der Waals surface area contributed by atoms with E-state index >= 15 is 0 Å². The number of carbonyl (C=O) groups is 3. The number of thioether (sulfide) groups is 1. The molecule has 0 bridgehead atoms. The summed E-state index contributed by atoms with van der Waals surface area (Å²) in [6.45, 7) is 1.81. The van der Waals surface area contributed by atoms with E-state index in [9.17, 15) is 14.4 Å². The molecule has 7 heteroatoms. The molecule has 3 amide bonds. The van der Waals surface area contributed by atoms with Crippen molar-refractivity contribution in [1.82, 2.24) is 0 Å². The normalized spacial score (nSPS) is 17.6. The first-order chi connectivity index (χ1) is 8.47. The number of benzene rings is 1. The number of nitrogens with one attached hydrogen (secondary N) is 2. The molecule has 1 aliphatic heterocycles. The smallest absolute Gasteiger partial charge is 0.313 e. The fraction of sp³-hybridized carbons (Fsp3) is 0.182. The van der Waals surface area contributed by atoms with Gasteiger partial charge in [-0.25, -0.2) is 0 Å². The van der Waals surface area contributed by atoms with Crippen LogP contribution in [-0.4, -0.2) is 23.0 Å². The minimum Gasteiger partial charge on any atom is -0.361 e. The molecule has 1 aromatic rings. The van der Waals surface area contributed by atoms with Gasteiger partial charge in [0.25, 0.3) is 0 Å². The van der Waals surface area contributed by atoms with Crippen molar-refractivity contribution >= 4 is 40.9 Å². The van der Waals surface area contributed by atoms with E-state index in [-0.39, 0.29) is 11.2 Å². The molecule has 0 saturated carbocycles. The predicted octanol–water partition coefficient (Wildman–Crippen LogP) is 0.543. The zero-order valence-electron chi connectivity index (χ0n) is 9.52. The quantitative estimate of drug-likeness (QED) is 0.645. The van der Waals surface area contributed by atoms with Crippen molar-refractivity contribution in [2.24, 2.45) is 5.73 Å². The Morgan fingerprint density at radius 3 is 2.83 bits per heavy atom. The highest BCUT2D eigenvalue weighted by Gasteiger charge is 2.23. The minimum atomic E-state index is -1.06. The van der Waals surface area contributed by atoms with Crippen LogP contribution in [0.1, 0.15) is 6.92 Å². The number of hydrogen-bond donors (Lipinski definition) is 3. The van der Waals surface area contributed by atoms with E-state index in [0.29, 0.717) is 11.4 Å². The largest absolute Gasteiger partial charge is 0.361 e. The molecule has 4 N–H and O–H groups in total. The van der Waals surface area contributed by atoms with Crippen LogP contribution >= 0.6 is 11.8 Å². The van der Waals surface area contributed by atoms with Gasteiger partial charge in [-0.2, -0.15) is 0 Å². The molecule has 1 heterocycles. The second-order valence-electron chi connectivity index (χ2n) is 3.78. The lowest BCUT2D eigenvalue weighted by atomic mass is 10.2. The molecule has 2 rings (SSSR count). The molecule has 0 aromatic heterocycles. The van der Waals surface area contributed by atoms with Crippen LogP contribution in [0.15, 0.2) is 23.1 Å². The van der Waals surface area contributed by atoms with Gasteiger partial charge in [0.15, 0.2) is 0 Å². The van der Waals surface area contributed by atoms with Crippen molar-refractivity contribution in [1.29, 1.82) is 0 Å². The molecular weight excluding hydrogens is 254 g/mol. The van der Waals surface area contributed by atoms with Crippen molar-refractivity contribution in [3.05, 3.63) is 18.2 Å². The SMILES string of the molecule is CC1Sc2ccc(NC(=O)C(N)=O)cc2NC1=O. The number of fused-ring (bicyclic) bond motifs is 1. The Bertz CT molecular complexity index is 544. The van der Waals surface area contributed by atoms with Crippen LogP contribution in [0.3, 0.4) is 0 Å². The van der Waals surface area contributed by atoms with Gasteiger partial charge in [0.1, 0.15) is 0 Å². The maximum Gasteiger partial charge on any atom is 0.313 e. The molecule has 1 atom stereocenters. The highest BCUT2D eigenvalue weighted by Crippen LogP contribution is 2.36. The summed E-state index contributed by atoms with van der Waals surface area (Å²) >= 11 is 1.44. The van der Waals surface area contributed by atoms with Gasteiger partial charge in [0.05, 0.1) is 10.9 Å². The summed E-state index contributed by atoms with van der Waals surface area (Å²) in [6, 6.07) is 5.01. The number of anilines is 2. The van der Waals surface area contributed by atoms with Crippen LogP contribution in [0.5, 0.6) is 0 Å². The molecule has 1 aliphatic rings. The Labute approximate surface area is 107 Å². The molecule has 0 aliphatic carbocycles. The van der Waals surface area contributed by atoms with Gasteiger partial charge < -0.3 is 16.4 Å². The molecule has 0 spiro atoms. The Balaban J connectivity index is 2.22. The second-order valence-corrected chi connectivity index (χ2v) is 5.16. The van der Waals surface area contributed by atoms with Crippen LogP contribution in [0.4, 0.5) is 11.4 Å². The Hall–Kier alpha value is -2.02. The third-order valence-electron chi connectivity index (χ3n) is 2.39. The summed E-state index contributed by atoms with van der Waals surface area (Å²) in [5.74, 6) is -2.04. The average Bonchev–Trinajstić information content (AvgIpc) is 2.31. The van der Waals surface area contributed by atoms with Crippen molar-refractivity contribution in [2.75, 3.05) is 10.6 Å². The monoisotopic (exact) mass is 265 g/mol. The van der Waals surface area contributed by atoms with Crippen LogP contribution in [0, 0.1) is 0 Å². The lowest BCUT2D eigenvalue weighted by Gasteiger charge is -2.21. The molecule has 0 radical (unpaired) electrons. The predicted molar refractivity (Wildman–Crippen MR) is 68.2 cm³/mol. The van der Waals surface area contributed by atoms with Gasteiger partial charge in [0.2, 0.25) is 5.91 Å². The average molecular weight is 265 g/mol. The summed E-state index contributed by atoms with van der Waals surface area (Å²) in [7, 11) is 0. The van der Waals surface area contributed by atoms with Crippen LogP contribution in [-0.2, 0) is 14.4 Å². The van der Waals surface area contributed by atoms with Gasteiger partial charge in [-0.15, -0.1) is 11.8 Å². The summed E-state index contributed by atoms with van der Waals surface area (Å²) < 4.78 is 0. The Morgan fingerprint density at radius 2 is 2.17 bits per heavy atom. The van der Waals surface area contributed by atoms with E-state index in [1.165, 1.54) is 11.8 Å². The fourth-order valence-electron chi connectivity index (χ4n) is 1.48. The number of nitrogens with two attached hydrogens (primary N) is 1. The van der Waals surface area contributed by atoms with Crippen LogP contribution in [0.25, 0.3) is 0 Å². The topological polar surface area (TPSA) is 101 Å². The standard InChI is InChI=1S/C11H11N3O3S/c1-5-10(16)14-7-4-6(2-3-8(7)18-5)13-11(17)9(12)15/h2-5H,1H3,(H2,12,15)(H,13,17)(H,14,16). The maximum absolute atomic E-state index is 11.5. The van der Waals surface area contributed by atoms with Gasteiger partial charge in [-0.1, -0.05) is 0 Å². The van der Waals surface area contributed by atoms with E-state index in [2.05, 4.69) is 10.6 Å². The summed E-state index contributed by atoms with van der Waals surface area (Å²) in [5, 5.41) is 4.92. The molecular formula is C11H11N3O3S. The highest BCUT2D eigenvalue weighted by molar-refractivity contribution is 8.00. The number of amides is 3. The zero-order valence-corrected chi connectivity index (χ0v) is 10.3. The summed E-state index contributed by atoms with van der Waals surface area (Å²) in [5.41, 5.74) is 5.86. The first-order valence-electron chi connectivity index (χ1n) is 5.19. The Kier molecular flexibility index (Phi) is 3.24. The molecule has 6 nitrogen and oxygen atoms in total.